The lowest BCUT2D eigenvalue weighted by Crippen LogP contribution is -2.16. The van der Waals surface area contributed by atoms with Gasteiger partial charge in [0.25, 0.3) is 0 Å². The largest absolute Gasteiger partial charge is 0.310 e. The first-order chi connectivity index (χ1) is 9.90. The molecule has 102 valence electrons. The molecular weight excluding hydrogens is 272 g/mol. The molecule has 3 aromatic rings. The van der Waals surface area contributed by atoms with E-state index in [2.05, 4.69) is 25.6 Å². The van der Waals surface area contributed by atoms with Crippen molar-refractivity contribution in [3.8, 4) is 11.4 Å². The molecule has 0 saturated heterocycles. The minimum atomic E-state index is 0.748. The Hall–Kier alpha value is -1.86. The Morgan fingerprint density at radius 1 is 1.35 bits per heavy atom. The van der Waals surface area contributed by atoms with Crippen LogP contribution in [0, 0.1) is 5.92 Å². The van der Waals surface area contributed by atoms with Crippen LogP contribution >= 0.6 is 11.3 Å². The van der Waals surface area contributed by atoms with Crippen LogP contribution in [0.25, 0.3) is 16.3 Å². The zero-order valence-electron chi connectivity index (χ0n) is 10.9. The Balaban J connectivity index is 1.58. The number of nitrogens with zero attached hydrogens (tertiary/aromatic N) is 5. The van der Waals surface area contributed by atoms with E-state index in [9.17, 15) is 0 Å². The van der Waals surface area contributed by atoms with Crippen molar-refractivity contribution in [2.75, 3.05) is 6.54 Å². The van der Waals surface area contributed by atoms with Crippen LogP contribution in [0.15, 0.2) is 24.5 Å². The van der Waals surface area contributed by atoms with E-state index >= 15 is 0 Å². The fourth-order valence-electron chi connectivity index (χ4n) is 2.11. The smallest absolute Gasteiger partial charge is 0.235 e. The van der Waals surface area contributed by atoms with Crippen molar-refractivity contribution in [1.29, 1.82) is 0 Å². The van der Waals surface area contributed by atoms with Crippen LogP contribution in [-0.4, -0.2) is 31.3 Å². The van der Waals surface area contributed by atoms with E-state index in [4.69, 9.17) is 0 Å². The topological polar surface area (TPSA) is 68.0 Å². The second-order valence-corrected chi connectivity index (χ2v) is 6.07. The van der Waals surface area contributed by atoms with Crippen LogP contribution in [-0.2, 0) is 6.54 Å². The molecule has 7 heteroatoms. The molecule has 20 heavy (non-hydrogen) atoms. The highest BCUT2D eigenvalue weighted by Gasteiger charge is 2.20. The molecular formula is C13H14N6S. The van der Waals surface area contributed by atoms with E-state index < -0.39 is 0 Å². The average molecular weight is 286 g/mol. The monoisotopic (exact) mass is 286 g/mol. The van der Waals surface area contributed by atoms with Gasteiger partial charge in [0.05, 0.1) is 0 Å². The van der Waals surface area contributed by atoms with Crippen LogP contribution in [0.3, 0.4) is 0 Å². The summed E-state index contributed by atoms with van der Waals surface area (Å²) in [5, 5.41) is 17.4. The van der Waals surface area contributed by atoms with E-state index in [-0.39, 0.29) is 0 Å². The van der Waals surface area contributed by atoms with Gasteiger partial charge >= 0.3 is 0 Å². The second kappa shape index (κ2) is 4.92. The van der Waals surface area contributed by atoms with Crippen LogP contribution in [0.4, 0.5) is 0 Å². The Labute approximate surface area is 119 Å². The highest BCUT2D eigenvalue weighted by atomic mass is 32.1. The van der Waals surface area contributed by atoms with Crippen LogP contribution in [0.1, 0.15) is 17.8 Å². The summed E-state index contributed by atoms with van der Waals surface area (Å²) in [7, 11) is 0. The first kappa shape index (κ1) is 11.9. The molecule has 0 amide bonds. The molecule has 0 unspecified atom stereocenters. The van der Waals surface area contributed by atoms with Crippen molar-refractivity contribution in [2.24, 2.45) is 5.92 Å². The fourth-order valence-corrected chi connectivity index (χ4v) is 2.91. The normalized spacial score (nSPS) is 15.0. The molecule has 3 aromatic heterocycles. The molecule has 0 radical (unpaired) electrons. The van der Waals surface area contributed by atoms with Crippen molar-refractivity contribution in [2.45, 2.75) is 19.4 Å². The molecule has 1 saturated carbocycles. The maximum absolute atomic E-state index is 4.59. The molecule has 1 aliphatic rings. The molecule has 0 aromatic carbocycles. The highest BCUT2D eigenvalue weighted by molar-refractivity contribution is 7.16. The molecule has 0 spiro atoms. The summed E-state index contributed by atoms with van der Waals surface area (Å²) < 4.78 is 1.80. The Morgan fingerprint density at radius 3 is 3.10 bits per heavy atom. The van der Waals surface area contributed by atoms with Gasteiger partial charge < -0.3 is 5.32 Å². The zero-order valence-corrected chi connectivity index (χ0v) is 11.7. The quantitative estimate of drug-likeness (QED) is 0.774. The molecule has 1 fully saturated rings. The molecule has 3 heterocycles. The molecule has 0 atom stereocenters. The number of aromatic nitrogens is 5. The molecule has 1 N–H and O–H groups in total. The van der Waals surface area contributed by atoms with E-state index in [0.29, 0.717) is 0 Å². The first-order valence-corrected chi connectivity index (χ1v) is 7.54. The van der Waals surface area contributed by atoms with Crippen molar-refractivity contribution in [3.63, 3.8) is 0 Å². The SMILES string of the molecule is c1cncc(-c2nnc3sc(CNCC4CC4)nn23)c1. The number of fused-ring (bicyclic) bond motifs is 1. The second-order valence-electron chi connectivity index (χ2n) is 5.03. The van der Waals surface area contributed by atoms with Crippen molar-refractivity contribution in [1.82, 2.24) is 30.1 Å². The summed E-state index contributed by atoms with van der Waals surface area (Å²) in [4.78, 5) is 4.94. The average Bonchev–Trinajstić information content (AvgIpc) is 3.08. The van der Waals surface area contributed by atoms with Crippen molar-refractivity contribution >= 4 is 16.3 Å². The number of pyridine rings is 1. The maximum atomic E-state index is 4.59. The van der Waals surface area contributed by atoms with Gasteiger partial charge in [-0.1, -0.05) is 11.3 Å². The number of nitrogens with one attached hydrogen (secondary N) is 1. The summed E-state index contributed by atoms with van der Waals surface area (Å²) in [6.07, 6.45) is 6.25. The summed E-state index contributed by atoms with van der Waals surface area (Å²) in [6, 6.07) is 3.86. The fraction of sp³-hybridized carbons (Fsp3) is 0.385. The van der Waals surface area contributed by atoms with Crippen LogP contribution in [0.5, 0.6) is 0 Å². The number of rotatable bonds is 5. The van der Waals surface area contributed by atoms with Crippen LogP contribution < -0.4 is 5.32 Å². The number of hydrogen-bond acceptors (Lipinski definition) is 6. The van der Waals surface area contributed by atoms with Gasteiger partial charge in [-0.25, -0.2) is 0 Å². The molecule has 0 bridgehead atoms. The standard InChI is InChI=1S/C13H14N6S/c1-2-10(7-14-5-1)12-16-17-13-19(12)18-11(20-13)8-15-6-9-3-4-9/h1-2,5,7,9,15H,3-4,6,8H2. The lowest BCUT2D eigenvalue weighted by atomic mass is 10.3. The van der Waals surface area contributed by atoms with Gasteiger partial charge in [0.2, 0.25) is 4.96 Å². The highest BCUT2D eigenvalue weighted by Crippen LogP contribution is 2.27. The van der Waals surface area contributed by atoms with E-state index in [1.165, 1.54) is 12.8 Å². The summed E-state index contributed by atoms with van der Waals surface area (Å²) in [5.41, 5.74) is 0.933. The maximum Gasteiger partial charge on any atom is 0.235 e. The van der Waals surface area contributed by atoms with Crippen molar-refractivity contribution < 1.29 is 0 Å². The summed E-state index contributed by atoms with van der Waals surface area (Å²) in [5.74, 6) is 1.63. The van der Waals surface area contributed by atoms with Gasteiger partial charge in [0.15, 0.2) is 5.82 Å². The lowest BCUT2D eigenvalue weighted by molar-refractivity contribution is 0.631. The van der Waals surface area contributed by atoms with Gasteiger partial charge in [-0.3, -0.25) is 4.98 Å². The van der Waals surface area contributed by atoms with E-state index in [1.54, 1.807) is 28.2 Å². The van der Waals surface area contributed by atoms with Gasteiger partial charge in [0, 0.05) is 24.5 Å². The summed E-state index contributed by atoms with van der Waals surface area (Å²) in [6.45, 7) is 1.90. The first-order valence-electron chi connectivity index (χ1n) is 6.72. The van der Waals surface area contributed by atoms with Crippen molar-refractivity contribution in [3.05, 3.63) is 29.5 Å². The Bertz CT molecular complexity index is 715. The van der Waals surface area contributed by atoms with Crippen LogP contribution in [0.2, 0.25) is 0 Å². The van der Waals surface area contributed by atoms with E-state index in [0.717, 1.165) is 40.4 Å². The van der Waals surface area contributed by atoms with Gasteiger partial charge in [-0.15, -0.1) is 10.2 Å². The third-order valence-electron chi connectivity index (χ3n) is 3.36. The molecule has 6 nitrogen and oxygen atoms in total. The van der Waals surface area contributed by atoms with Gasteiger partial charge in [0.1, 0.15) is 5.01 Å². The van der Waals surface area contributed by atoms with Gasteiger partial charge in [-0.2, -0.15) is 9.61 Å². The van der Waals surface area contributed by atoms with Gasteiger partial charge in [-0.05, 0) is 37.4 Å². The molecule has 0 aliphatic heterocycles. The molecule has 4 rings (SSSR count). The Morgan fingerprint density at radius 2 is 2.30 bits per heavy atom. The zero-order chi connectivity index (χ0) is 13.4. The summed E-state index contributed by atoms with van der Waals surface area (Å²) >= 11 is 1.58. The minimum Gasteiger partial charge on any atom is -0.310 e. The number of hydrogen-bond donors (Lipinski definition) is 1. The Kier molecular flexibility index (Phi) is 2.93. The predicted molar refractivity (Wildman–Crippen MR) is 76.3 cm³/mol. The predicted octanol–water partition coefficient (Wildman–Crippen LogP) is 1.75. The molecule has 1 aliphatic carbocycles. The third kappa shape index (κ3) is 2.30. The van der Waals surface area contributed by atoms with E-state index in [1.807, 2.05) is 12.1 Å². The minimum absolute atomic E-state index is 0.748. The third-order valence-corrected chi connectivity index (χ3v) is 4.26. The lowest BCUT2D eigenvalue weighted by Gasteiger charge is -1.98.